The Balaban J connectivity index is 1.76. The van der Waals surface area contributed by atoms with Gasteiger partial charge in [-0.15, -0.1) is 0 Å². The number of aliphatic carboxylic acids is 1. The van der Waals surface area contributed by atoms with Gasteiger partial charge in [-0.25, -0.2) is 13.8 Å². The van der Waals surface area contributed by atoms with Gasteiger partial charge in [-0.05, 0) is 43.9 Å². The molecule has 0 aliphatic heterocycles. The van der Waals surface area contributed by atoms with Gasteiger partial charge in [0.15, 0.2) is 5.13 Å². The molecule has 0 atom stereocenters. The monoisotopic (exact) mass is 391 g/mol. The van der Waals surface area contributed by atoms with E-state index in [1.807, 2.05) is 6.07 Å². The zero-order chi connectivity index (χ0) is 19.6. The van der Waals surface area contributed by atoms with Crippen molar-refractivity contribution in [1.29, 1.82) is 5.26 Å². The van der Waals surface area contributed by atoms with E-state index in [2.05, 4.69) is 10.3 Å². The molecule has 9 heteroatoms. The summed E-state index contributed by atoms with van der Waals surface area (Å²) >= 11 is 0.879. The molecule has 27 heavy (non-hydrogen) atoms. The minimum Gasteiger partial charge on any atom is -0.481 e. The second-order valence-corrected chi connectivity index (χ2v) is 7.31. The first-order chi connectivity index (χ1) is 12.9. The van der Waals surface area contributed by atoms with Gasteiger partial charge >= 0.3 is 5.97 Å². The van der Waals surface area contributed by atoms with E-state index in [1.54, 1.807) is 0 Å². The highest BCUT2D eigenvalue weighted by Gasteiger charge is 2.30. The lowest BCUT2D eigenvalue weighted by Crippen LogP contribution is -2.29. The van der Waals surface area contributed by atoms with Crippen molar-refractivity contribution in [1.82, 2.24) is 4.98 Å². The van der Waals surface area contributed by atoms with Gasteiger partial charge in [-0.1, -0.05) is 11.3 Å². The molecule has 0 spiro atoms. The van der Waals surface area contributed by atoms with E-state index in [-0.39, 0.29) is 33.1 Å². The smallest absolute Gasteiger partial charge is 0.306 e. The maximum Gasteiger partial charge on any atom is 0.306 e. The SMILES string of the molecule is N#Cc1sc(NC(=O)C2CCC(C(=O)O)CC2)nc1-c1cc(F)ccc1F. The Morgan fingerprint density at radius 2 is 1.89 bits per heavy atom. The second kappa shape index (κ2) is 7.80. The van der Waals surface area contributed by atoms with E-state index >= 15 is 0 Å². The molecule has 0 unspecified atom stereocenters. The molecule has 1 aromatic carbocycles. The van der Waals surface area contributed by atoms with Crippen LogP contribution in [-0.2, 0) is 9.59 Å². The van der Waals surface area contributed by atoms with Gasteiger partial charge in [0.05, 0.1) is 5.92 Å². The molecule has 2 aromatic rings. The largest absolute Gasteiger partial charge is 0.481 e. The van der Waals surface area contributed by atoms with Crippen LogP contribution in [0.3, 0.4) is 0 Å². The average molecular weight is 391 g/mol. The van der Waals surface area contributed by atoms with Gasteiger partial charge in [-0.3, -0.25) is 9.59 Å². The normalized spacial score (nSPS) is 19.3. The summed E-state index contributed by atoms with van der Waals surface area (Å²) in [5.74, 6) is -3.32. The first kappa shape index (κ1) is 18.9. The number of hydrogen-bond donors (Lipinski definition) is 2. The summed E-state index contributed by atoms with van der Waals surface area (Å²) in [5.41, 5.74) is -0.172. The van der Waals surface area contributed by atoms with E-state index in [0.717, 1.165) is 29.5 Å². The zero-order valence-corrected chi connectivity index (χ0v) is 14.9. The Morgan fingerprint density at radius 3 is 2.52 bits per heavy atom. The number of halogens is 2. The number of amides is 1. The Hall–Kier alpha value is -2.86. The van der Waals surface area contributed by atoms with Crippen molar-refractivity contribution in [2.24, 2.45) is 11.8 Å². The minimum absolute atomic E-state index is 0.0237. The maximum atomic E-state index is 14.0. The number of carbonyl (C=O) groups excluding carboxylic acids is 1. The van der Waals surface area contributed by atoms with E-state index in [4.69, 9.17) is 5.11 Å². The number of rotatable bonds is 4. The van der Waals surface area contributed by atoms with E-state index in [9.17, 15) is 23.6 Å². The lowest BCUT2D eigenvalue weighted by molar-refractivity contribution is -0.143. The third-order valence-corrected chi connectivity index (χ3v) is 5.47. The van der Waals surface area contributed by atoms with Crippen LogP contribution in [0.25, 0.3) is 11.3 Å². The number of benzene rings is 1. The molecule has 0 radical (unpaired) electrons. The third-order valence-electron chi connectivity index (χ3n) is 4.59. The number of anilines is 1. The highest BCUT2D eigenvalue weighted by Crippen LogP contribution is 2.34. The Morgan fingerprint density at radius 1 is 1.22 bits per heavy atom. The van der Waals surface area contributed by atoms with Crippen LogP contribution < -0.4 is 5.32 Å². The molecule has 1 amide bonds. The summed E-state index contributed by atoms with van der Waals surface area (Å²) in [6, 6.07) is 4.75. The van der Waals surface area contributed by atoms with Gasteiger partial charge in [0.1, 0.15) is 28.3 Å². The lowest BCUT2D eigenvalue weighted by atomic mass is 9.81. The number of hydrogen-bond acceptors (Lipinski definition) is 5. The quantitative estimate of drug-likeness (QED) is 0.825. The molecule has 0 bridgehead atoms. The second-order valence-electron chi connectivity index (χ2n) is 6.31. The molecule has 140 valence electrons. The van der Waals surface area contributed by atoms with Crippen molar-refractivity contribution in [3.8, 4) is 17.3 Å². The number of nitriles is 1. The minimum atomic E-state index is -0.853. The van der Waals surface area contributed by atoms with E-state index < -0.39 is 23.5 Å². The fourth-order valence-corrected chi connectivity index (χ4v) is 3.90. The summed E-state index contributed by atoms with van der Waals surface area (Å²) in [4.78, 5) is 27.5. The van der Waals surface area contributed by atoms with Crippen LogP contribution in [0.15, 0.2) is 18.2 Å². The Kier molecular flexibility index (Phi) is 5.46. The number of carbonyl (C=O) groups is 2. The summed E-state index contributed by atoms with van der Waals surface area (Å²) in [6.07, 6.45) is 1.75. The predicted octanol–water partition coefficient (Wildman–Crippen LogP) is 3.79. The number of nitrogens with one attached hydrogen (secondary N) is 1. The Labute approximate surface area is 157 Å². The summed E-state index contributed by atoms with van der Waals surface area (Å²) in [7, 11) is 0. The summed E-state index contributed by atoms with van der Waals surface area (Å²) < 4.78 is 27.4. The molecule has 1 aliphatic carbocycles. The van der Waals surface area contributed by atoms with Crippen molar-refractivity contribution >= 4 is 28.3 Å². The average Bonchev–Trinajstić information content (AvgIpc) is 3.06. The molecular weight excluding hydrogens is 376 g/mol. The number of thiazole rings is 1. The fraction of sp³-hybridized carbons (Fsp3) is 0.333. The van der Waals surface area contributed by atoms with Crippen molar-refractivity contribution in [2.45, 2.75) is 25.7 Å². The topological polar surface area (TPSA) is 103 Å². The molecule has 1 fully saturated rings. The van der Waals surface area contributed by atoms with Crippen molar-refractivity contribution in [3.05, 3.63) is 34.7 Å². The highest BCUT2D eigenvalue weighted by molar-refractivity contribution is 7.16. The van der Waals surface area contributed by atoms with Crippen LogP contribution in [0, 0.1) is 34.8 Å². The lowest BCUT2D eigenvalue weighted by Gasteiger charge is -2.24. The molecule has 3 rings (SSSR count). The van der Waals surface area contributed by atoms with Crippen molar-refractivity contribution in [2.75, 3.05) is 5.32 Å². The van der Waals surface area contributed by atoms with Gasteiger partial charge in [-0.2, -0.15) is 5.26 Å². The van der Waals surface area contributed by atoms with Crippen molar-refractivity contribution in [3.63, 3.8) is 0 Å². The van der Waals surface area contributed by atoms with Gasteiger partial charge in [0, 0.05) is 11.5 Å². The molecule has 1 aromatic heterocycles. The molecule has 1 heterocycles. The van der Waals surface area contributed by atoms with E-state index in [1.165, 1.54) is 0 Å². The number of aromatic nitrogens is 1. The molecular formula is C18H15F2N3O3S. The predicted molar refractivity (Wildman–Crippen MR) is 93.9 cm³/mol. The van der Waals surface area contributed by atoms with Gasteiger partial charge in [0.25, 0.3) is 0 Å². The molecule has 0 saturated heterocycles. The maximum absolute atomic E-state index is 14.0. The first-order valence-corrected chi connectivity index (χ1v) is 9.10. The fourth-order valence-electron chi connectivity index (χ4n) is 3.12. The summed E-state index contributed by atoms with van der Waals surface area (Å²) in [6.45, 7) is 0. The van der Waals surface area contributed by atoms with Gasteiger partial charge in [0.2, 0.25) is 5.91 Å². The Bertz CT molecular complexity index is 930. The molecule has 1 aliphatic rings. The highest BCUT2D eigenvalue weighted by atomic mass is 32.1. The third kappa shape index (κ3) is 4.11. The van der Waals surface area contributed by atoms with Crippen molar-refractivity contribution < 1.29 is 23.5 Å². The van der Waals surface area contributed by atoms with Crippen LogP contribution in [0.2, 0.25) is 0 Å². The van der Waals surface area contributed by atoms with E-state index in [0.29, 0.717) is 25.7 Å². The van der Waals surface area contributed by atoms with Gasteiger partial charge < -0.3 is 10.4 Å². The standard InChI is InChI=1S/C18H15F2N3O3S/c19-11-5-6-13(20)12(7-11)15-14(8-21)27-18(22-15)23-16(24)9-1-3-10(4-2-9)17(25)26/h5-7,9-10H,1-4H2,(H,25,26)(H,22,23,24). The summed E-state index contributed by atoms with van der Waals surface area (Å²) in [5, 5.41) is 21.0. The van der Waals surface area contributed by atoms with Crippen LogP contribution in [-0.4, -0.2) is 22.0 Å². The van der Waals surface area contributed by atoms with Crippen LogP contribution in [0.5, 0.6) is 0 Å². The number of nitrogens with zero attached hydrogens (tertiary/aromatic N) is 2. The molecule has 6 nitrogen and oxygen atoms in total. The zero-order valence-electron chi connectivity index (χ0n) is 14.0. The van der Waals surface area contributed by atoms with Crippen LogP contribution in [0.1, 0.15) is 30.6 Å². The number of carboxylic acids is 1. The first-order valence-electron chi connectivity index (χ1n) is 8.29. The van der Waals surface area contributed by atoms with Crippen LogP contribution in [0.4, 0.5) is 13.9 Å². The molecule has 2 N–H and O–H groups in total. The molecule has 1 saturated carbocycles. The van der Waals surface area contributed by atoms with Crippen LogP contribution >= 0.6 is 11.3 Å². The number of carboxylic acid groups (broad SMARTS) is 1.